The van der Waals surface area contributed by atoms with Crippen LogP contribution in [0.5, 0.6) is 23.0 Å². The Kier molecular flexibility index (Phi) is 3.98. The highest BCUT2D eigenvalue weighted by atomic mass is 35.5. The van der Waals surface area contributed by atoms with Gasteiger partial charge in [-0.25, -0.2) is 0 Å². The van der Waals surface area contributed by atoms with E-state index in [4.69, 9.17) is 27.9 Å². The van der Waals surface area contributed by atoms with Gasteiger partial charge >= 0.3 is 0 Å². The Labute approximate surface area is 173 Å². The van der Waals surface area contributed by atoms with Gasteiger partial charge in [-0.2, -0.15) is 0 Å². The lowest BCUT2D eigenvalue weighted by Gasteiger charge is -2.51. The van der Waals surface area contributed by atoms with Crippen molar-refractivity contribution in [1.82, 2.24) is 0 Å². The minimum atomic E-state index is -0.737. The predicted octanol–water partition coefficient (Wildman–Crippen LogP) is 6.01. The molecule has 0 bridgehead atoms. The number of ether oxygens (including phenoxy) is 1. The van der Waals surface area contributed by atoms with Gasteiger partial charge in [-0.15, -0.1) is 0 Å². The van der Waals surface area contributed by atoms with E-state index in [2.05, 4.69) is 0 Å². The topological polar surface area (TPSA) is 69.9 Å². The minimum Gasteiger partial charge on any atom is -0.507 e. The van der Waals surface area contributed by atoms with E-state index in [0.29, 0.717) is 16.3 Å². The maximum atomic E-state index is 10.7. The van der Waals surface area contributed by atoms with E-state index in [0.717, 1.165) is 50.5 Å². The largest absolute Gasteiger partial charge is 0.507 e. The quantitative estimate of drug-likeness (QED) is 0.528. The second kappa shape index (κ2) is 6.11. The van der Waals surface area contributed by atoms with Crippen molar-refractivity contribution < 1.29 is 20.1 Å². The fourth-order valence-electron chi connectivity index (χ4n) is 6.11. The van der Waals surface area contributed by atoms with Crippen LogP contribution in [0.2, 0.25) is 10.0 Å². The highest BCUT2D eigenvalue weighted by Gasteiger charge is 2.61. The van der Waals surface area contributed by atoms with Crippen molar-refractivity contribution in [2.45, 2.75) is 56.0 Å². The van der Waals surface area contributed by atoms with Gasteiger partial charge in [0.1, 0.15) is 28.6 Å². The van der Waals surface area contributed by atoms with E-state index in [1.165, 1.54) is 6.07 Å². The lowest BCUT2D eigenvalue weighted by Crippen LogP contribution is -2.51. The molecule has 3 N–H and O–H groups in total. The molecule has 28 heavy (non-hydrogen) atoms. The SMILES string of the molecule is Oc1cc2c(cc1Cl)C1(CCCC1)[C@@H]1CCC[C@@]1(c1cc(Cl)c(O)cc1O)O2. The van der Waals surface area contributed by atoms with Crippen molar-refractivity contribution in [3.8, 4) is 23.0 Å². The second-order valence-corrected chi connectivity index (χ2v) is 9.23. The number of phenolic OH excluding ortho intramolecular Hbond substituents is 3. The van der Waals surface area contributed by atoms with Crippen LogP contribution in [0.15, 0.2) is 24.3 Å². The predicted molar refractivity (Wildman–Crippen MR) is 108 cm³/mol. The third kappa shape index (κ3) is 2.31. The number of phenols is 3. The Morgan fingerprint density at radius 1 is 0.786 bits per heavy atom. The monoisotopic (exact) mass is 420 g/mol. The standard InChI is InChI=1S/C22H22Cl2O4/c23-14-8-12(16(25)10-17(14)26)22-7-3-4-20(22)21(5-1-2-6-21)13-9-15(24)18(27)11-19(13)28-22/h8-11,20,25-27H,1-7H2/t20-,22-/m0/s1. The molecule has 2 fully saturated rings. The zero-order valence-electron chi connectivity index (χ0n) is 15.3. The van der Waals surface area contributed by atoms with Crippen LogP contribution in [0, 0.1) is 5.92 Å². The molecule has 2 aromatic rings. The van der Waals surface area contributed by atoms with Gasteiger partial charge in [0.2, 0.25) is 0 Å². The Hall–Kier alpha value is -1.78. The van der Waals surface area contributed by atoms with Crippen molar-refractivity contribution in [1.29, 1.82) is 0 Å². The summed E-state index contributed by atoms with van der Waals surface area (Å²) in [5.41, 5.74) is 0.848. The van der Waals surface area contributed by atoms with Crippen LogP contribution in [0.1, 0.15) is 56.1 Å². The van der Waals surface area contributed by atoms with Crippen LogP contribution < -0.4 is 4.74 Å². The summed E-state index contributed by atoms with van der Waals surface area (Å²) in [7, 11) is 0. The van der Waals surface area contributed by atoms with E-state index in [-0.39, 0.29) is 33.6 Å². The van der Waals surface area contributed by atoms with E-state index in [1.54, 1.807) is 12.1 Å². The average Bonchev–Trinajstić information content (AvgIpc) is 3.29. The summed E-state index contributed by atoms with van der Waals surface area (Å²) in [5, 5.41) is 31.4. The number of halogens is 2. The van der Waals surface area contributed by atoms with Gasteiger partial charge in [-0.05, 0) is 44.2 Å². The Balaban J connectivity index is 1.78. The highest BCUT2D eigenvalue weighted by Crippen LogP contribution is 2.66. The third-order valence-corrected chi connectivity index (χ3v) is 7.77. The van der Waals surface area contributed by atoms with Crippen molar-refractivity contribution in [3.63, 3.8) is 0 Å². The smallest absolute Gasteiger partial charge is 0.141 e. The summed E-state index contributed by atoms with van der Waals surface area (Å²) in [6.07, 6.45) is 7.03. The zero-order chi connectivity index (χ0) is 19.7. The first-order valence-corrected chi connectivity index (χ1v) is 10.6. The van der Waals surface area contributed by atoms with Crippen LogP contribution in [0.4, 0.5) is 0 Å². The van der Waals surface area contributed by atoms with Gasteiger partial charge in [0.25, 0.3) is 0 Å². The lowest BCUT2D eigenvalue weighted by molar-refractivity contribution is -0.0365. The van der Waals surface area contributed by atoms with Gasteiger partial charge in [0, 0.05) is 34.6 Å². The average molecular weight is 421 g/mol. The van der Waals surface area contributed by atoms with Gasteiger partial charge in [-0.1, -0.05) is 36.0 Å². The van der Waals surface area contributed by atoms with Gasteiger partial charge < -0.3 is 20.1 Å². The Morgan fingerprint density at radius 3 is 2.14 bits per heavy atom. The summed E-state index contributed by atoms with van der Waals surface area (Å²) < 4.78 is 6.61. The fraction of sp³-hybridized carbons (Fsp3) is 0.455. The molecule has 1 heterocycles. The zero-order valence-corrected chi connectivity index (χ0v) is 16.9. The molecule has 0 saturated heterocycles. The minimum absolute atomic E-state index is 0.00637. The molecule has 2 atom stereocenters. The van der Waals surface area contributed by atoms with Crippen LogP contribution in [-0.2, 0) is 11.0 Å². The first kappa shape index (κ1) is 18.3. The second-order valence-electron chi connectivity index (χ2n) is 8.42. The van der Waals surface area contributed by atoms with Crippen LogP contribution in [0.3, 0.4) is 0 Å². The van der Waals surface area contributed by atoms with Crippen molar-refractivity contribution in [3.05, 3.63) is 45.4 Å². The Bertz CT molecular complexity index is 967. The summed E-state index contributed by atoms with van der Waals surface area (Å²) in [6.45, 7) is 0. The molecule has 6 heteroatoms. The summed E-state index contributed by atoms with van der Waals surface area (Å²) in [6, 6.07) is 6.39. The van der Waals surface area contributed by atoms with Crippen LogP contribution >= 0.6 is 23.2 Å². The molecule has 3 aliphatic rings. The molecular formula is C22H22Cl2O4. The van der Waals surface area contributed by atoms with Gasteiger partial charge in [0.05, 0.1) is 10.0 Å². The van der Waals surface area contributed by atoms with E-state index in [1.807, 2.05) is 6.07 Å². The molecule has 1 spiro atoms. The van der Waals surface area contributed by atoms with Crippen molar-refractivity contribution >= 4 is 23.2 Å². The number of rotatable bonds is 1. The first-order chi connectivity index (χ1) is 13.4. The van der Waals surface area contributed by atoms with Crippen molar-refractivity contribution in [2.24, 2.45) is 5.92 Å². The normalized spacial score (nSPS) is 27.4. The first-order valence-electron chi connectivity index (χ1n) is 9.81. The van der Waals surface area contributed by atoms with E-state index < -0.39 is 5.60 Å². The number of hydrogen-bond donors (Lipinski definition) is 3. The number of hydrogen-bond acceptors (Lipinski definition) is 4. The molecule has 0 unspecified atom stereocenters. The maximum absolute atomic E-state index is 10.7. The Morgan fingerprint density at radius 2 is 1.43 bits per heavy atom. The van der Waals surface area contributed by atoms with E-state index in [9.17, 15) is 15.3 Å². The molecular weight excluding hydrogens is 399 g/mol. The molecule has 1 aliphatic heterocycles. The summed E-state index contributed by atoms with van der Waals surface area (Å²) in [4.78, 5) is 0. The molecule has 2 aliphatic carbocycles. The van der Waals surface area contributed by atoms with Crippen LogP contribution in [0.25, 0.3) is 0 Å². The number of benzene rings is 2. The number of aromatic hydroxyl groups is 3. The fourth-order valence-corrected chi connectivity index (χ4v) is 6.44. The molecule has 0 aromatic heterocycles. The molecule has 0 radical (unpaired) electrons. The van der Waals surface area contributed by atoms with Crippen molar-refractivity contribution in [2.75, 3.05) is 0 Å². The molecule has 2 aromatic carbocycles. The summed E-state index contributed by atoms with van der Waals surface area (Å²) >= 11 is 12.5. The number of fused-ring (bicyclic) bond motifs is 4. The van der Waals surface area contributed by atoms with Gasteiger partial charge in [-0.3, -0.25) is 0 Å². The molecule has 0 amide bonds. The molecule has 2 saturated carbocycles. The van der Waals surface area contributed by atoms with E-state index >= 15 is 0 Å². The molecule has 148 valence electrons. The molecule has 5 rings (SSSR count). The summed E-state index contributed by atoms with van der Waals surface area (Å²) in [5.74, 6) is 0.634. The molecule has 4 nitrogen and oxygen atoms in total. The third-order valence-electron chi connectivity index (χ3n) is 7.17. The highest BCUT2D eigenvalue weighted by molar-refractivity contribution is 6.32. The van der Waals surface area contributed by atoms with Crippen LogP contribution in [-0.4, -0.2) is 15.3 Å². The van der Waals surface area contributed by atoms with Gasteiger partial charge in [0.15, 0.2) is 0 Å². The maximum Gasteiger partial charge on any atom is 0.141 e. The lowest BCUT2D eigenvalue weighted by atomic mass is 9.60.